The van der Waals surface area contributed by atoms with Gasteiger partial charge < -0.3 is 15.7 Å². The first-order valence-corrected chi connectivity index (χ1v) is 8.01. The molecule has 128 valence electrons. The summed E-state index contributed by atoms with van der Waals surface area (Å²) in [4.78, 5) is 25.4. The zero-order valence-corrected chi connectivity index (χ0v) is 14.1. The van der Waals surface area contributed by atoms with Crippen LogP contribution in [0.3, 0.4) is 0 Å². The fourth-order valence-corrected chi connectivity index (χ4v) is 3.93. The molecule has 24 heavy (non-hydrogen) atoms. The molecule has 1 amide bonds. The Kier molecular flexibility index (Phi) is 3.83. The van der Waals surface area contributed by atoms with Gasteiger partial charge in [-0.1, -0.05) is 25.4 Å². The summed E-state index contributed by atoms with van der Waals surface area (Å²) in [7, 11) is 0. The summed E-state index contributed by atoms with van der Waals surface area (Å²) in [6.45, 7) is 3.84. The minimum absolute atomic E-state index is 0.0657. The van der Waals surface area contributed by atoms with Gasteiger partial charge in [0.1, 0.15) is 6.04 Å². The molecule has 2 aliphatic heterocycles. The fraction of sp³-hybridized carbons (Fsp3) is 0.412. The highest BCUT2D eigenvalue weighted by atomic mass is 35.5. The third kappa shape index (κ3) is 2.45. The molecule has 1 aromatic carbocycles. The van der Waals surface area contributed by atoms with Crippen LogP contribution in [0.1, 0.15) is 32.3 Å². The number of benzene rings is 1. The largest absolute Gasteiger partial charge is 0.480 e. The average Bonchev–Trinajstić information content (AvgIpc) is 2.76. The van der Waals surface area contributed by atoms with Crippen molar-refractivity contribution in [3.8, 4) is 0 Å². The molecule has 2 aliphatic rings. The van der Waals surface area contributed by atoms with Crippen LogP contribution in [0.25, 0.3) is 5.57 Å². The fourth-order valence-electron chi connectivity index (χ4n) is 3.77. The normalized spacial score (nSPS) is 25.4. The van der Waals surface area contributed by atoms with Gasteiger partial charge in [-0.3, -0.25) is 4.79 Å². The molecule has 0 spiro atoms. The SMILES string of the molecule is CC1(C)C[C@@H](C(=O)O)N2C(=O)C=C(c3c(N)ccc(Cl)c3F)CC21. The third-order valence-corrected chi connectivity index (χ3v) is 5.28. The molecule has 0 radical (unpaired) electrons. The number of carboxylic acids is 1. The Bertz CT molecular complexity index is 775. The summed E-state index contributed by atoms with van der Waals surface area (Å²) in [5.74, 6) is -2.11. The van der Waals surface area contributed by atoms with Crippen LogP contribution in [0.5, 0.6) is 0 Å². The van der Waals surface area contributed by atoms with Crippen LogP contribution in [0.4, 0.5) is 10.1 Å². The van der Waals surface area contributed by atoms with Crippen molar-refractivity contribution >= 4 is 34.7 Å². The molecular formula is C17H18ClFN2O3. The van der Waals surface area contributed by atoms with Gasteiger partial charge in [0.25, 0.3) is 0 Å². The number of hydrogen-bond donors (Lipinski definition) is 2. The number of nitrogens with zero attached hydrogens (tertiary/aromatic N) is 1. The molecule has 0 aliphatic carbocycles. The first kappa shape index (κ1) is 16.8. The molecule has 0 saturated carbocycles. The highest BCUT2D eigenvalue weighted by Crippen LogP contribution is 2.47. The lowest BCUT2D eigenvalue weighted by molar-refractivity contribution is -0.148. The number of aliphatic carboxylic acids is 1. The van der Waals surface area contributed by atoms with Crippen molar-refractivity contribution in [2.45, 2.75) is 38.8 Å². The van der Waals surface area contributed by atoms with E-state index in [1.807, 2.05) is 13.8 Å². The van der Waals surface area contributed by atoms with Crippen LogP contribution in [-0.2, 0) is 9.59 Å². The van der Waals surface area contributed by atoms with E-state index >= 15 is 0 Å². The van der Waals surface area contributed by atoms with E-state index in [2.05, 4.69) is 0 Å². The zero-order valence-electron chi connectivity index (χ0n) is 13.3. The summed E-state index contributed by atoms with van der Waals surface area (Å²) in [5, 5.41) is 9.33. The standard InChI is InChI=1S/C17H18ClFN2O3/c1-17(2)7-11(16(23)24)21-12(17)5-8(6-13(21)22)14-10(20)4-3-9(18)15(14)19/h3-4,6,11-12H,5,7,20H2,1-2H3,(H,23,24)/t11-,12?/m0/s1. The molecular weight excluding hydrogens is 335 g/mol. The molecule has 1 saturated heterocycles. The molecule has 2 heterocycles. The van der Waals surface area contributed by atoms with Gasteiger partial charge in [0, 0.05) is 23.4 Å². The van der Waals surface area contributed by atoms with Gasteiger partial charge in [-0.25, -0.2) is 9.18 Å². The number of carbonyl (C=O) groups excluding carboxylic acids is 1. The average molecular weight is 353 g/mol. The smallest absolute Gasteiger partial charge is 0.326 e. The van der Waals surface area contributed by atoms with E-state index in [1.54, 1.807) is 0 Å². The number of carbonyl (C=O) groups is 2. The minimum Gasteiger partial charge on any atom is -0.480 e. The number of rotatable bonds is 2. The Morgan fingerprint density at radius 3 is 2.75 bits per heavy atom. The molecule has 0 bridgehead atoms. The van der Waals surface area contributed by atoms with Crippen molar-refractivity contribution in [1.82, 2.24) is 4.90 Å². The first-order chi connectivity index (χ1) is 11.1. The van der Waals surface area contributed by atoms with Crippen molar-refractivity contribution in [3.63, 3.8) is 0 Å². The Morgan fingerprint density at radius 1 is 1.46 bits per heavy atom. The van der Waals surface area contributed by atoms with Crippen molar-refractivity contribution in [2.75, 3.05) is 5.73 Å². The van der Waals surface area contributed by atoms with Gasteiger partial charge in [0.15, 0.2) is 5.82 Å². The van der Waals surface area contributed by atoms with Gasteiger partial charge in [-0.15, -0.1) is 0 Å². The van der Waals surface area contributed by atoms with Crippen LogP contribution in [-0.4, -0.2) is 34.0 Å². The highest BCUT2D eigenvalue weighted by molar-refractivity contribution is 6.31. The van der Waals surface area contributed by atoms with E-state index in [0.29, 0.717) is 18.4 Å². The maximum atomic E-state index is 14.4. The molecule has 7 heteroatoms. The van der Waals surface area contributed by atoms with Gasteiger partial charge in [-0.2, -0.15) is 0 Å². The number of carboxylic acid groups (broad SMARTS) is 1. The maximum Gasteiger partial charge on any atom is 0.326 e. The summed E-state index contributed by atoms with van der Waals surface area (Å²) in [5.41, 5.74) is 6.28. The molecule has 5 nitrogen and oxygen atoms in total. The summed E-state index contributed by atoms with van der Waals surface area (Å²) >= 11 is 5.84. The van der Waals surface area contributed by atoms with Gasteiger partial charge in [0.05, 0.1) is 5.02 Å². The Labute approximate surface area is 143 Å². The Balaban J connectivity index is 2.09. The van der Waals surface area contributed by atoms with Gasteiger partial charge in [0.2, 0.25) is 5.91 Å². The molecule has 2 atom stereocenters. The Morgan fingerprint density at radius 2 is 2.12 bits per heavy atom. The topological polar surface area (TPSA) is 83.6 Å². The highest BCUT2D eigenvalue weighted by Gasteiger charge is 2.52. The predicted molar refractivity (Wildman–Crippen MR) is 88.9 cm³/mol. The first-order valence-electron chi connectivity index (χ1n) is 7.63. The van der Waals surface area contributed by atoms with Crippen molar-refractivity contribution < 1.29 is 19.1 Å². The number of nitrogens with two attached hydrogens (primary N) is 1. The molecule has 3 rings (SSSR count). The van der Waals surface area contributed by atoms with Crippen molar-refractivity contribution in [3.05, 3.63) is 34.6 Å². The summed E-state index contributed by atoms with van der Waals surface area (Å²) < 4.78 is 14.4. The summed E-state index contributed by atoms with van der Waals surface area (Å²) in [6.07, 6.45) is 1.97. The number of nitrogen functional groups attached to an aromatic ring is 1. The van der Waals surface area contributed by atoms with E-state index in [-0.39, 0.29) is 22.3 Å². The van der Waals surface area contributed by atoms with Crippen LogP contribution >= 0.6 is 11.6 Å². The van der Waals surface area contributed by atoms with E-state index in [4.69, 9.17) is 17.3 Å². The number of hydrogen-bond acceptors (Lipinski definition) is 3. The lowest BCUT2D eigenvalue weighted by Gasteiger charge is -2.37. The quantitative estimate of drug-likeness (QED) is 0.801. The Hall–Kier alpha value is -2.08. The van der Waals surface area contributed by atoms with E-state index in [9.17, 15) is 19.1 Å². The molecule has 1 fully saturated rings. The number of anilines is 1. The van der Waals surface area contributed by atoms with Gasteiger partial charge in [-0.05, 0) is 36.0 Å². The predicted octanol–water partition coefficient (Wildman–Crippen LogP) is 2.93. The van der Waals surface area contributed by atoms with E-state index in [1.165, 1.54) is 23.1 Å². The number of halogens is 2. The molecule has 1 unspecified atom stereocenters. The lowest BCUT2D eigenvalue weighted by atomic mass is 9.78. The van der Waals surface area contributed by atoms with E-state index < -0.39 is 29.2 Å². The summed E-state index contributed by atoms with van der Waals surface area (Å²) in [6, 6.07) is 1.67. The third-order valence-electron chi connectivity index (χ3n) is 4.99. The second kappa shape index (κ2) is 5.48. The van der Waals surface area contributed by atoms with Crippen LogP contribution in [0.15, 0.2) is 18.2 Å². The molecule has 3 N–H and O–H groups in total. The van der Waals surface area contributed by atoms with Crippen LogP contribution in [0, 0.1) is 11.2 Å². The molecule has 0 aromatic heterocycles. The van der Waals surface area contributed by atoms with Crippen LogP contribution in [0.2, 0.25) is 5.02 Å². The zero-order chi connectivity index (χ0) is 17.8. The van der Waals surface area contributed by atoms with E-state index in [0.717, 1.165) is 0 Å². The van der Waals surface area contributed by atoms with Crippen molar-refractivity contribution in [1.29, 1.82) is 0 Å². The van der Waals surface area contributed by atoms with Crippen LogP contribution < -0.4 is 5.73 Å². The van der Waals surface area contributed by atoms with Crippen molar-refractivity contribution in [2.24, 2.45) is 5.41 Å². The second-order valence-electron chi connectivity index (χ2n) is 7.01. The lowest BCUT2D eigenvalue weighted by Crippen LogP contribution is -2.48. The second-order valence-corrected chi connectivity index (χ2v) is 7.41. The minimum atomic E-state index is -1.02. The monoisotopic (exact) mass is 352 g/mol. The number of amides is 1. The number of fused-ring (bicyclic) bond motifs is 1. The molecule has 1 aromatic rings. The maximum absolute atomic E-state index is 14.4. The van der Waals surface area contributed by atoms with Gasteiger partial charge >= 0.3 is 5.97 Å².